The Kier molecular flexibility index (Phi) is 5.42. The maximum atomic E-state index is 13.5. The summed E-state index contributed by atoms with van der Waals surface area (Å²) in [4.78, 5) is 29.3. The average molecular weight is 423 g/mol. The predicted molar refractivity (Wildman–Crippen MR) is 114 cm³/mol. The van der Waals surface area contributed by atoms with Crippen LogP contribution in [0.25, 0.3) is 17.2 Å². The van der Waals surface area contributed by atoms with Crippen molar-refractivity contribution in [2.75, 3.05) is 0 Å². The number of carbonyl (C=O) groups is 2. The van der Waals surface area contributed by atoms with Crippen LogP contribution in [0.3, 0.4) is 0 Å². The number of cyclic esters (lactones) is 1. The summed E-state index contributed by atoms with van der Waals surface area (Å²) < 4.78 is 18.9. The minimum Gasteiger partial charge on any atom is -0.480 e. The molecule has 5 nitrogen and oxygen atoms in total. The Bertz CT molecular complexity index is 1030. The second kappa shape index (κ2) is 7.91. The summed E-state index contributed by atoms with van der Waals surface area (Å²) in [6, 6.07) is 10.1. The third kappa shape index (κ3) is 3.54. The zero-order chi connectivity index (χ0) is 22.3. The Morgan fingerprint density at radius 3 is 2.65 bits per heavy atom. The van der Waals surface area contributed by atoms with E-state index in [4.69, 9.17) is 4.74 Å². The summed E-state index contributed by atoms with van der Waals surface area (Å²) in [6.45, 7) is 5.87. The van der Waals surface area contributed by atoms with Gasteiger partial charge in [-0.25, -0.2) is 4.39 Å². The highest BCUT2D eigenvalue weighted by Gasteiger charge is 2.66. The number of pyridine rings is 1. The van der Waals surface area contributed by atoms with E-state index in [0.717, 1.165) is 11.1 Å². The fourth-order valence-corrected chi connectivity index (χ4v) is 5.31. The molecule has 1 aliphatic heterocycles. The van der Waals surface area contributed by atoms with Gasteiger partial charge < -0.3 is 9.84 Å². The molecule has 1 aliphatic carbocycles. The fourth-order valence-electron chi connectivity index (χ4n) is 5.31. The van der Waals surface area contributed by atoms with Crippen molar-refractivity contribution >= 4 is 18.0 Å². The summed E-state index contributed by atoms with van der Waals surface area (Å²) in [5.41, 5.74) is 0.781. The Labute approximate surface area is 181 Å². The van der Waals surface area contributed by atoms with Gasteiger partial charge in [0.15, 0.2) is 5.41 Å². The highest BCUT2D eigenvalue weighted by atomic mass is 19.1. The zero-order valence-electron chi connectivity index (χ0n) is 17.8. The lowest BCUT2D eigenvalue weighted by Gasteiger charge is -2.45. The Balaban J connectivity index is 1.62. The molecular formula is C25H26FNO4. The molecule has 6 heteroatoms. The quantitative estimate of drug-likeness (QED) is 0.563. The molecule has 2 aliphatic rings. The van der Waals surface area contributed by atoms with Crippen LogP contribution in [-0.4, -0.2) is 28.1 Å². The second-order valence-electron chi connectivity index (χ2n) is 8.87. The number of rotatable bonds is 4. The molecule has 6 unspecified atom stereocenters. The lowest BCUT2D eigenvalue weighted by molar-refractivity contribution is -0.167. The lowest BCUT2D eigenvalue weighted by Crippen LogP contribution is -2.52. The molecule has 0 radical (unpaired) electrons. The van der Waals surface area contributed by atoms with Crippen molar-refractivity contribution in [3.63, 3.8) is 0 Å². The van der Waals surface area contributed by atoms with Crippen LogP contribution in [0.4, 0.5) is 4.39 Å². The number of fused-ring (bicyclic) bond motifs is 1. The van der Waals surface area contributed by atoms with Crippen molar-refractivity contribution < 1.29 is 23.8 Å². The van der Waals surface area contributed by atoms with Crippen LogP contribution >= 0.6 is 0 Å². The molecule has 1 saturated heterocycles. The highest BCUT2D eigenvalue weighted by Crippen LogP contribution is 2.56. The number of benzene rings is 1. The molecule has 6 atom stereocenters. The van der Waals surface area contributed by atoms with Crippen molar-refractivity contribution in [1.82, 2.24) is 4.98 Å². The Morgan fingerprint density at radius 1 is 1.23 bits per heavy atom. The molecule has 1 N–H and O–H groups in total. The molecule has 2 aromatic rings. The number of carbonyl (C=O) groups excluding carboxylic acids is 1. The third-order valence-corrected chi connectivity index (χ3v) is 7.11. The number of hydrogen-bond acceptors (Lipinski definition) is 4. The Hall–Kier alpha value is -3.02. The third-order valence-electron chi connectivity index (χ3n) is 7.11. The number of aromatic nitrogens is 1. The number of nitrogens with zero attached hydrogens (tertiary/aromatic N) is 1. The summed E-state index contributed by atoms with van der Waals surface area (Å²) in [5.74, 6) is -2.32. The van der Waals surface area contributed by atoms with Crippen LogP contribution in [-0.2, 0) is 14.3 Å². The molecule has 1 saturated carbocycles. The minimum atomic E-state index is -1.49. The Morgan fingerprint density at radius 2 is 2.00 bits per heavy atom. The molecule has 0 bridgehead atoms. The van der Waals surface area contributed by atoms with Gasteiger partial charge in [-0.2, -0.15) is 0 Å². The molecule has 4 rings (SSSR count). The second-order valence-corrected chi connectivity index (χ2v) is 8.87. The molecule has 0 amide bonds. The first kappa shape index (κ1) is 21.2. The smallest absolute Gasteiger partial charge is 0.324 e. The number of ether oxygens (including phenoxy) is 1. The van der Waals surface area contributed by atoms with Gasteiger partial charge in [0, 0.05) is 17.7 Å². The monoisotopic (exact) mass is 423 g/mol. The van der Waals surface area contributed by atoms with E-state index in [0.29, 0.717) is 12.1 Å². The lowest BCUT2D eigenvalue weighted by atomic mass is 9.55. The first-order chi connectivity index (χ1) is 14.7. The van der Waals surface area contributed by atoms with Crippen LogP contribution < -0.4 is 0 Å². The van der Waals surface area contributed by atoms with E-state index in [1.165, 1.54) is 12.1 Å². The molecule has 31 heavy (non-hydrogen) atoms. The van der Waals surface area contributed by atoms with E-state index >= 15 is 0 Å². The maximum absolute atomic E-state index is 13.5. The molecule has 2 heterocycles. The van der Waals surface area contributed by atoms with E-state index in [9.17, 15) is 19.1 Å². The predicted octanol–water partition coefficient (Wildman–Crippen LogP) is 4.83. The summed E-state index contributed by atoms with van der Waals surface area (Å²) in [5, 5.41) is 9.99. The zero-order valence-corrected chi connectivity index (χ0v) is 17.8. The number of carboxylic acids is 1. The number of hydrogen-bond donors (Lipinski definition) is 1. The molecule has 162 valence electrons. The molecule has 1 aromatic heterocycles. The maximum Gasteiger partial charge on any atom is 0.324 e. The topological polar surface area (TPSA) is 76.5 Å². The number of allylic oxidation sites excluding steroid dienone is 1. The largest absolute Gasteiger partial charge is 0.480 e. The first-order valence-electron chi connectivity index (χ1n) is 10.6. The van der Waals surface area contributed by atoms with Gasteiger partial charge in [-0.05, 0) is 60.9 Å². The molecule has 2 fully saturated rings. The van der Waals surface area contributed by atoms with Crippen LogP contribution in [0.2, 0.25) is 0 Å². The first-order valence-corrected chi connectivity index (χ1v) is 10.6. The van der Waals surface area contributed by atoms with E-state index in [-0.39, 0.29) is 23.6 Å². The van der Waals surface area contributed by atoms with Gasteiger partial charge in [-0.15, -0.1) is 0 Å². The van der Waals surface area contributed by atoms with E-state index in [1.54, 1.807) is 19.2 Å². The summed E-state index contributed by atoms with van der Waals surface area (Å²) >= 11 is 0. The van der Waals surface area contributed by atoms with Crippen molar-refractivity contribution in [3.8, 4) is 11.1 Å². The fraction of sp³-hybridized carbons (Fsp3) is 0.400. The van der Waals surface area contributed by atoms with Crippen LogP contribution in [0.5, 0.6) is 0 Å². The van der Waals surface area contributed by atoms with Gasteiger partial charge in [0.2, 0.25) is 0 Å². The SMILES string of the molecule is CC1CC2(C(=O)O)C(=O)OC(C)C2C(/C=C/c2ccc(-c3cccc(F)c3)cn2)C1C. The summed E-state index contributed by atoms with van der Waals surface area (Å²) in [6.07, 6.45) is 5.37. The van der Waals surface area contributed by atoms with Gasteiger partial charge in [0.05, 0.1) is 5.69 Å². The van der Waals surface area contributed by atoms with Crippen molar-refractivity contribution in [1.29, 1.82) is 0 Å². The van der Waals surface area contributed by atoms with E-state index < -0.39 is 29.4 Å². The number of halogens is 1. The number of esters is 1. The number of aliphatic carboxylic acids is 1. The minimum absolute atomic E-state index is 0.0585. The standard InChI is InChI=1S/C25H26FNO4/c1-14-12-25(23(28)29)22(16(3)31-24(25)30)21(15(14)2)10-9-20-8-7-18(13-27-20)17-5-4-6-19(26)11-17/h4-11,13-16,21-22H,12H2,1-3H3,(H,28,29)/b10-9+. The van der Waals surface area contributed by atoms with Crippen LogP contribution in [0.1, 0.15) is 32.9 Å². The average Bonchev–Trinajstić information content (AvgIpc) is 2.99. The van der Waals surface area contributed by atoms with E-state index in [2.05, 4.69) is 11.9 Å². The summed E-state index contributed by atoms with van der Waals surface area (Å²) in [7, 11) is 0. The van der Waals surface area contributed by atoms with Crippen LogP contribution in [0.15, 0.2) is 48.7 Å². The molecular weight excluding hydrogens is 397 g/mol. The highest BCUT2D eigenvalue weighted by molar-refractivity contribution is 6.01. The van der Waals surface area contributed by atoms with Crippen molar-refractivity contribution in [3.05, 3.63) is 60.2 Å². The normalized spacial score (nSPS) is 32.6. The van der Waals surface area contributed by atoms with Gasteiger partial charge in [0.25, 0.3) is 0 Å². The van der Waals surface area contributed by atoms with E-state index in [1.807, 2.05) is 37.3 Å². The van der Waals surface area contributed by atoms with Crippen LogP contribution in [0, 0.1) is 34.9 Å². The van der Waals surface area contributed by atoms with Crippen molar-refractivity contribution in [2.24, 2.45) is 29.1 Å². The van der Waals surface area contributed by atoms with Gasteiger partial charge in [-0.3, -0.25) is 14.6 Å². The number of carboxylic acid groups (broad SMARTS) is 1. The van der Waals surface area contributed by atoms with Gasteiger partial charge >= 0.3 is 11.9 Å². The molecule has 0 spiro atoms. The molecule has 1 aromatic carbocycles. The van der Waals surface area contributed by atoms with Gasteiger partial charge in [-0.1, -0.05) is 38.1 Å². The van der Waals surface area contributed by atoms with Crippen molar-refractivity contribution in [2.45, 2.75) is 33.3 Å². The van der Waals surface area contributed by atoms with Gasteiger partial charge in [0.1, 0.15) is 11.9 Å².